The minimum absolute atomic E-state index is 0.107. The maximum atomic E-state index is 15.1. The van der Waals surface area contributed by atoms with Crippen molar-refractivity contribution in [3.63, 3.8) is 0 Å². The molecule has 58 heavy (non-hydrogen) atoms. The highest BCUT2D eigenvalue weighted by atomic mass is 19.1. The molecule has 0 saturated carbocycles. The number of nitrogens with zero attached hydrogens (tertiary/aromatic N) is 10. The second-order valence-electron chi connectivity index (χ2n) is 15.5. The number of pyridine rings is 1. The van der Waals surface area contributed by atoms with Crippen molar-refractivity contribution < 1.29 is 27.8 Å². The third kappa shape index (κ3) is 6.56. The summed E-state index contributed by atoms with van der Waals surface area (Å²) in [7, 11) is 3.42. The van der Waals surface area contributed by atoms with Crippen molar-refractivity contribution in [1.29, 1.82) is 0 Å². The van der Waals surface area contributed by atoms with Crippen molar-refractivity contribution >= 4 is 39.6 Å². The van der Waals surface area contributed by atoms with Gasteiger partial charge in [-0.3, -0.25) is 9.69 Å². The van der Waals surface area contributed by atoms with Crippen LogP contribution in [0.2, 0.25) is 0 Å². The third-order valence-corrected chi connectivity index (χ3v) is 11.7. The predicted molar refractivity (Wildman–Crippen MR) is 211 cm³/mol. The molecule has 15 nitrogen and oxygen atoms in total. The molecule has 2 fully saturated rings. The van der Waals surface area contributed by atoms with Gasteiger partial charge in [0.15, 0.2) is 5.65 Å². The number of imidazole rings is 1. The number of morpholine rings is 1. The van der Waals surface area contributed by atoms with Crippen molar-refractivity contribution in [2.45, 2.75) is 50.6 Å². The minimum atomic E-state index is -0.635. The van der Waals surface area contributed by atoms with Gasteiger partial charge in [-0.15, -0.1) is 0 Å². The van der Waals surface area contributed by atoms with Crippen LogP contribution in [0, 0.1) is 18.6 Å². The van der Waals surface area contributed by atoms with E-state index >= 15 is 4.39 Å². The SMILES string of the molecule is CO[C@H]1CN(C)C(=O)[C@@H]2C[C@@H](CN2c2nc3nc4c2cnn4-c2ccc(F)cc2OCCN2CCOC(C3)C2)Nc2cccc(n2)-c2cc(F)cc3nc(C)n(c23)C1. The molecule has 2 unspecified atom stereocenters. The number of benzene rings is 2. The lowest BCUT2D eigenvalue weighted by Crippen LogP contribution is -2.47. The highest BCUT2D eigenvalue weighted by Gasteiger charge is 2.41. The van der Waals surface area contributed by atoms with Crippen LogP contribution in [0.5, 0.6) is 5.75 Å². The molecular weight excluding hydrogens is 749 g/mol. The summed E-state index contributed by atoms with van der Waals surface area (Å²) < 4.78 is 51.9. The van der Waals surface area contributed by atoms with Crippen molar-refractivity contribution in [2.24, 2.45) is 0 Å². The standard InChI is InChI=1S/C41H43F2N11O4/c1-23-45-32-14-25(43)13-29-31-5-4-6-36(47-31)46-26-16-34(41(55)50(2)20-28(56-3)22-52(23)38(29)32)53(19-26)39-30-18-44-54-33-8-7-24(42)15-35(33)58-12-10-51-9-11-57-27(21-51)17-37(48-39)49-40(30)54/h4-8,13-15,18,26-28,34H,9-12,16-17,19-22H2,1-3H3,(H,46,47)/t26-,27?,28-,34-/m0/s1. The van der Waals surface area contributed by atoms with Crippen LogP contribution < -0.4 is 15.0 Å². The summed E-state index contributed by atoms with van der Waals surface area (Å²) in [5.74, 6) is 1.79. The molecule has 8 heterocycles. The van der Waals surface area contributed by atoms with Crippen LogP contribution in [0.4, 0.5) is 20.4 Å². The van der Waals surface area contributed by atoms with E-state index in [1.54, 1.807) is 36.0 Å². The van der Waals surface area contributed by atoms with Crippen LogP contribution in [-0.2, 0) is 27.2 Å². The summed E-state index contributed by atoms with van der Waals surface area (Å²) in [6, 6.07) is 12.1. The molecule has 1 N–H and O–H groups in total. The number of methoxy groups -OCH3 is 1. The van der Waals surface area contributed by atoms with Gasteiger partial charge in [-0.2, -0.15) is 5.10 Å². The molecule has 6 aromatic rings. The number of aromatic nitrogens is 7. The first-order chi connectivity index (χ1) is 28.2. The van der Waals surface area contributed by atoms with Gasteiger partial charge in [-0.1, -0.05) is 6.07 Å². The van der Waals surface area contributed by atoms with Crippen LogP contribution in [-0.4, -0.2) is 134 Å². The number of fused-ring (bicyclic) bond motifs is 10. The zero-order chi connectivity index (χ0) is 39.7. The number of aryl methyl sites for hydroxylation is 1. The van der Waals surface area contributed by atoms with Crippen LogP contribution in [0.3, 0.4) is 0 Å². The Morgan fingerprint density at radius 3 is 2.71 bits per heavy atom. The molecule has 0 radical (unpaired) electrons. The lowest BCUT2D eigenvalue weighted by Gasteiger charge is -2.33. The average molecular weight is 792 g/mol. The summed E-state index contributed by atoms with van der Waals surface area (Å²) in [4.78, 5) is 40.8. The molecule has 4 aliphatic rings. The fraction of sp³-hybridized carbons (Fsp3) is 0.415. The molecule has 4 aliphatic heterocycles. The van der Waals surface area contributed by atoms with Gasteiger partial charge >= 0.3 is 0 Å². The van der Waals surface area contributed by atoms with Gasteiger partial charge in [0.1, 0.15) is 59.0 Å². The number of nitrogens with one attached hydrogen (secondary N) is 1. The molecule has 300 valence electrons. The zero-order valence-corrected chi connectivity index (χ0v) is 32.4. The van der Waals surface area contributed by atoms with Crippen LogP contribution in [0.25, 0.3) is 39.0 Å². The summed E-state index contributed by atoms with van der Waals surface area (Å²) in [5, 5.41) is 9.00. The van der Waals surface area contributed by atoms with Crippen molar-refractivity contribution in [3.8, 4) is 22.7 Å². The molecular formula is C41H43F2N11O4. The van der Waals surface area contributed by atoms with E-state index in [0.29, 0.717) is 115 Å². The Balaban J connectivity index is 1.10. The molecule has 8 bridgehead atoms. The van der Waals surface area contributed by atoms with Gasteiger partial charge in [0.05, 0.1) is 53.7 Å². The largest absolute Gasteiger partial charge is 0.490 e. The van der Waals surface area contributed by atoms with Crippen LogP contribution in [0.1, 0.15) is 18.1 Å². The Bertz CT molecular complexity index is 2560. The maximum Gasteiger partial charge on any atom is 0.245 e. The summed E-state index contributed by atoms with van der Waals surface area (Å²) in [5.41, 5.74) is 3.51. The molecule has 17 heteroatoms. The number of amides is 1. The van der Waals surface area contributed by atoms with E-state index in [4.69, 9.17) is 39.2 Å². The topological polar surface area (TPSA) is 141 Å². The first kappa shape index (κ1) is 36.6. The number of hydrogen-bond donors (Lipinski definition) is 1. The quantitative estimate of drug-likeness (QED) is 0.271. The molecule has 1 amide bonds. The van der Waals surface area contributed by atoms with E-state index < -0.39 is 23.8 Å². The summed E-state index contributed by atoms with van der Waals surface area (Å²) >= 11 is 0. The first-order valence-corrected chi connectivity index (χ1v) is 19.6. The second kappa shape index (κ2) is 14.6. The van der Waals surface area contributed by atoms with Gasteiger partial charge in [0.2, 0.25) is 5.91 Å². The molecule has 4 aromatic heterocycles. The Labute approximate surface area is 332 Å². The molecule has 2 aromatic carbocycles. The monoisotopic (exact) mass is 791 g/mol. The normalized spacial score (nSPS) is 23.7. The number of hydrogen-bond acceptors (Lipinski definition) is 12. The average Bonchev–Trinajstić information content (AvgIpc) is 3.91. The van der Waals surface area contributed by atoms with Crippen LogP contribution >= 0.6 is 0 Å². The number of rotatable bonds is 2. The highest BCUT2D eigenvalue weighted by molar-refractivity contribution is 5.94. The number of halogens is 2. The Morgan fingerprint density at radius 2 is 1.83 bits per heavy atom. The maximum absolute atomic E-state index is 15.1. The van der Waals surface area contributed by atoms with Gasteiger partial charge in [0.25, 0.3) is 0 Å². The van der Waals surface area contributed by atoms with Gasteiger partial charge in [-0.05, 0) is 43.7 Å². The Morgan fingerprint density at radius 1 is 0.948 bits per heavy atom. The van der Waals surface area contributed by atoms with E-state index in [-0.39, 0.29) is 24.6 Å². The van der Waals surface area contributed by atoms with Crippen LogP contribution in [0.15, 0.2) is 54.7 Å². The molecule has 10 rings (SSSR count). The first-order valence-electron chi connectivity index (χ1n) is 19.6. The lowest BCUT2D eigenvalue weighted by atomic mass is 10.1. The van der Waals surface area contributed by atoms with E-state index in [1.165, 1.54) is 24.3 Å². The predicted octanol–water partition coefficient (Wildman–Crippen LogP) is 4.00. The lowest BCUT2D eigenvalue weighted by molar-refractivity contribution is -0.132. The van der Waals surface area contributed by atoms with E-state index in [1.807, 2.05) is 34.6 Å². The smallest absolute Gasteiger partial charge is 0.245 e. The van der Waals surface area contributed by atoms with Crippen molar-refractivity contribution in [3.05, 3.63) is 78.0 Å². The summed E-state index contributed by atoms with van der Waals surface area (Å²) in [6.45, 7) is 5.89. The van der Waals surface area contributed by atoms with Crippen molar-refractivity contribution in [1.82, 2.24) is 44.1 Å². The minimum Gasteiger partial charge on any atom is -0.490 e. The highest BCUT2D eigenvalue weighted by Crippen LogP contribution is 2.36. The second-order valence-corrected chi connectivity index (χ2v) is 15.5. The van der Waals surface area contributed by atoms with Gasteiger partial charge < -0.3 is 33.9 Å². The molecule has 0 spiro atoms. The number of ether oxygens (including phenoxy) is 3. The Hall–Kier alpha value is -5.78. The zero-order valence-electron chi connectivity index (χ0n) is 32.4. The van der Waals surface area contributed by atoms with E-state index in [0.717, 1.165) is 12.1 Å². The number of carbonyl (C=O) groups excluding carboxylic acids is 1. The molecule has 5 atom stereocenters. The number of carbonyl (C=O) groups is 1. The number of likely N-dealkylation sites (N-methyl/N-ethyl adjacent to an activating group) is 1. The van der Waals surface area contributed by atoms with E-state index in [9.17, 15) is 9.18 Å². The molecule has 0 aliphatic carbocycles. The summed E-state index contributed by atoms with van der Waals surface area (Å²) in [6.07, 6.45) is 1.98. The van der Waals surface area contributed by atoms with Gasteiger partial charge in [-0.25, -0.2) is 33.4 Å². The van der Waals surface area contributed by atoms with E-state index in [2.05, 4.69) is 10.2 Å². The third-order valence-electron chi connectivity index (χ3n) is 11.7. The fourth-order valence-corrected chi connectivity index (χ4v) is 8.91. The van der Waals surface area contributed by atoms with Gasteiger partial charge in [0, 0.05) is 77.0 Å². The number of anilines is 2. The fourth-order valence-electron chi connectivity index (χ4n) is 8.91. The Kier molecular flexibility index (Phi) is 9.17. The molecule has 2 saturated heterocycles. The van der Waals surface area contributed by atoms with Crippen molar-refractivity contribution in [2.75, 3.05) is 70.3 Å².